The van der Waals surface area contributed by atoms with Gasteiger partial charge in [-0.2, -0.15) is 0 Å². The Morgan fingerprint density at radius 1 is 1.06 bits per heavy atom. The molecule has 0 saturated heterocycles. The number of hydrogen-bond acceptors (Lipinski definition) is 2. The van der Waals surface area contributed by atoms with Crippen molar-refractivity contribution in [3.63, 3.8) is 0 Å². The van der Waals surface area contributed by atoms with Crippen LogP contribution in [0.5, 0.6) is 0 Å². The topological polar surface area (TPSA) is 37.4 Å². The lowest BCUT2D eigenvalue weighted by atomic mass is 9.98. The molecule has 0 aliphatic rings. The molecule has 96 valence electrons. The van der Waals surface area contributed by atoms with Gasteiger partial charge in [-0.25, -0.2) is 0 Å². The first kappa shape index (κ1) is 14.6. The van der Waals surface area contributed by atoms with E-state index in [1.54, 1.807) is 21.0 Å². The number of allylic oxidation sites excluding steroid dienone is 1. The second kappa shape index (κ2) is 5.96. The number of likely N-dealkylation sites (N-methyl/N-ethyl adjacent to an activating group) is 1. The summed E-state index contributed by atoms with van der Waals surface area (Å²) in [6.45, 7) is 3.21. The molecule has 0 N–H and O–H groups in total. The molecule has 0 aliphatic heterocycles. The maximum absolute atomic E-state index is 12.0. The lowest BCUT2D eigenvalue weighted by molar-refractivity contribution is -0.127. The van der Waals surface area contributed by atoms with Crippen LogP contribution in [0.2, 0.25) is 0 Å². The standard InChI is InChI=1S/C14H16BrNO2/c1-9(11-5-7-12(15)8-6-11)13(10(2)17)14(18)16(3)4/h5-8H,1-4H3. The lowest BCUT2D eigenvalue weighted by Crippen LogP contribution is -2.27. The van der Waals surface area contributed by atoms with Gasteiger partial charge < -0.3 is 4.90 Å². The van der Waals surface area contributed by atoms with E-state index in [0.717, 1.165) is 10.0 Å². The van der Waals surface area contributed by atoms with Crippen LogP contribution in [-0.4, -0.2) is 30.7 Å². The fraction of sp³-hybridized carbons (Fsp3) is 0.286. The number of Topliss-reactive ketones (excluding diaryl/α,β-unsaturated/α-hetero) is 1. The van der Waals surface area contributed by atoms with Crippen molar-refractivity contribution in [2.45, 2.75) is 13.8 Å². The molecule has 0 radical (unpaired) electrons. The van der Waals surface area contributed by atoms with Gasteiger partial charge in [0, 0.05) is 18.6 Å². The molecule has 0 spiro atoms. The van der Waals surface area contributed by atoms with Crippen LogP contribution in [0.4, 0.5) is 0 Å². The summed E-state index contributed by atoms with van der Waals surface area (Å²) in [5.41, 5.74) is 1.81. The number of carbonyl (C=O) groups is 2. The van der Waals surface area contributed by atoms with Crippen molar-refractivity contribution in [2.24, 2.45) is 0 Å². The fourth-order valence-corrected chi connectivity index (χ4v) is 1.91. The first-order valence-corrected chi connectivity index (χ1v) is 6.33. The highest BCUT2D eigenvalue weighted by Gasteiger charge is 2.20. The van der Waals surface area contributed by atoms with Crippen molar-refractivity contribution in [3.05, 3.63) is 39.9 Å². The zero-order valence-corrected chi connectivity index (χ0v) is 12.5. The number of hydrogen-bond donors (Lipinski definition) is 0. The van der Waals surface area contributed by atoms with Crippen LogP contribution in [0.25, 0.3) is 5.57 Å². The Hall–Kier alpha value is -1.42. The minimum atomic E-state index is -0.261. The summed E-state index contributed by atoms with van der Waals surface area (Å²) in [7, 11) is 3.28. The Morgan fingerprint density at radius 3 is 1.94 bits per heavy atom. The van der Waals surface area contributed by atoms with Crippen molar-refractivity contribution in [1.29, 1.82) is 0 Å². The number of amides is 1. The Kier molecular flexibility index (Phi) is 4.84. The SMILES string of the molecule is CC(=O)C(C(=O)N(C)C)=C(C)c1ccc(Br)cc1. The second-order valence-electron chi connectivity index (χ2n) is 4.26. The highest BCUT2D eigenvalue weighted by atomic mass is 79.9. The van der Waals surface area contributed by atoms with Crippen molar-refractivity contribution >= 4 is 33.2 Å². The molecule has 0 saturated carbocycles. The maximum atomic E-state index is 12.0. The number of halogens is 1. The molecule has 0 aromatic heterocycles. The first-order chi connectivity index (χ1) is 8.34. The van der Waals surface area contributed by atoms with E-state index < -0.39 is 0 Å². The molecule has 1 aromatic carbocycles. The third kappa shape index (κ3) is 3.29. The number of rotatable bonds is 3. The van der Waals surface area contributed by atoms with Crippen molar-refractivity contribution in [2.75, 3.05) is 14.1 Å². The molecule has 3 nitrogen and oxygen atoms in total. The van der Waals surface area contributed by atoms with Crippen molar-refractivity contribution in [3.8, 4) is 0 Å². The van der Waals surface area contributed by atoms with E-state index in [1.807, 2.05) is 24.3 Å². The second-order valence-corrected chi connectivity index (χ2v) is 5.18. The summed E-state index contributed by atoms with van der Waals surface area (Å²) >= 11 is 3.35. The molecule has 1 rings (SSSR count). The van der Waals surface area contributed by atoms with Crippen LogP contribution in [-0.2, 0) is 9.59 Å². The number of carbonyl (C=O) groups excluding carboxylic acids is 2. The molecule has 0 unspecified atom stereocenters. The Bertz CT molecular complexity index is 501. The lowest BCUT2D eigenvalue weighted by Gasteiger charge is -2.14. The van der Waals surface area contributed by atoms with Gasteiger partial charge in [-0.1, -0.05) is 28.1 Å². The maximum Gasteiger partial charge on any atom is 0.257 e. The zero-order valence-electron chi connectivity index (χ0n) is 11.0. The summed E-state index contributed by atoms with van der Waals surface area (Å²) in [6.07, 6.45) is 0. The Balaban J connectivity index is 3.32. The van der Waals surface area contributed by atoms with Gasteiger partial charge in [0.25, 0.3) is 5.91 Å². The fourth-order valence-electron chi connectivity index (χ4n) is 1.64. The predicted octanol–water partition coefficient (Wildman–Crippen LogP) is 2.90. The summed E-state index contributed by atoms with van der Waals surface area (Å²) in [5, 5.41) is 0. The van der Waals surface area contributed by atoms with Gasteiger partial charge in [0.2, 0.25) is 0 Å². The van der Waals surface area contributed by atoms with E-state index >= 15 is 0 Å². The van der Waals surface area contributed by atoms with Gasteiger partial charge in [-0.05, 0) is 37.1 Å². The summed E-state index contributed by atoms with van der Waals surface area (Å²) in [4.78, 5) is 25.1. The summed E-state index contributed by atoms with van der Waals surface area (Å²) in [5.74, 6) is -0.475. The van der Waals surface area contributed by atoms with Crippen LogP contribution >= 0.6 is 15.9 Å². The van der Waals surface area contributed by atoms with E-state index in [9.17, 15) is 9.59 Å². The molecular weight excluding hydrogens is 294 g/mol. The quantitative estimate of drug-likeness (QED) is 0.489. The molecule has 1 amide bonds. The molecule has 0 atom stereocenters. The van der Waals surface area contributed by atoms with Gasteiger partial charge in [-0.3, -0.25) is 9.59 Å². The average molecular weight is 310 g/mol. The van der Waals surface area contributed by atoms with E-state index in [-0.39, 0.29) is 17.3 Å². The van der Waals surface area contributed by atoms with Gasteiger partial charge >= 0.3 is 0 Å². The largest absolute Gasteiger partial charge is 0.345 e. The zero-order chi connectivity index (χ0) is 13.9. The van der Waals surface area contributed by atoms with E-state index in [0.29, 0.717) is 5.57 Å². The van der Waals surface area contributed by atoms with Gasteiger partial charge in [0.15, 0.2) is 5.78 Å². The molecule has 0 fully saturated rings. The molecule has 0 aliphatic carbocycles. The molecule has 0 bridgehead atoms. The molecule has 18 heavy (non-hydrogen) atoms. The van der Waals surface area contributed by atoms with Crippen LogP contribution in [0.15, 0.2) is 34.3 Å². The normalized spacial score (nSPS) is 11.8. The van der Waals surface area contributed by atoms with Crippen LogP contribution < -0.4 is 0 Å². The number of nitrogens with zero attached hydrogens (tertiary/aromatic N) is 1. The highest BCUT2D eigenvalue weighted by Crippen LogP contribution is 2.22. The summed E-state index contributed by atoms with van der Waals surface area (Å²) in [6, 6.07) is 7.53. The first-order valence-electron chi connectivity index (χ1n) is 5.54. The Labute approximate surface area is 116 Å². The smallest absolute Gasteiger partial charge is 0.257 e. The molecular formula is C14H16BrNO2. The van der Waals surface area contributed by atoms with E-state index in [2.05, 4.69) is 15.9 Å². The monoisotopic (exact) mass is 309 g/mol. The van der Waals surface area contributed by atoms with Crippen molar-refractivity contribution < 1.29 is 9.59 Å². The van der Waals surface area contributed by atoms with E-state index in [4.69, 9.17) is 0 Å². The van der Waals surface area contributed by atoms with Gasteiger partial charge in [-0.15, -0.1) is 0 Å². The highest BCUT2D eigenvalue weighted by molar-refractivity contribution is 9.10. The van der Waals surface area contributed by atoms with Gasteiger partial charge in [0.1, 0.15) is 0 Å². The molecule has 4 heteroatoms. The summed E-state index contributed by atoms with van der Waals surface area (Å²) < 4.78 is 0.961. The predicted molar refractivity (Wildman–Crippen MR) is 76.1 cm³/mol. The van der Waals surface area contributed by atoms with Crippen molar-refractivity contribution in [1.82, 2.24) is 4.90 Å². The molecule has 0 heterocycles. The van der Waals surface area contributed by atoms with E-state index in [1.165, 1.54) is 11.8 Å². The third-order valence-corrected chi connectivity index (χ3v) is 3.15. The minimum absolute atomic E-state index is 0.214. The van der Waals surface area contributed by atoms with Gasteiger partial charge in [0.05, 0.1) is 5.57 Å². The third-order valence-electron chi connectivity index (χ3n) is 2.62. The number of benzene rings is 1. The van der Waals surface area contributed by atoms with Crippen LogP contribution in [0.3, 0.4) is 0 Å². The van der Waals surface area contributed by atoms with Crippen LogP contribution in [0, 0.1) is 0 Å². The average Bonchev–Trinajstić information content (AvgIpc) is 2.29. The Morgan fingerprint density at radius 2 is 1.56 bits per heavy atom. The molecule has 1 aromatic rings. The van der Waals surface area contributed by atoms with Crippen LogP contribution in [0.1, 0.15) is 19.4 Å². The minimum Gasteiger partial charge on any atom is -0.345 e. The number of ketones is 1.